The Morgan fingerprint density at radius 2 is 2.00 bits per heavy atom. The van der Waals surface area contributed by atoms with E-state index < -0.39 is 0 Å². The zero-order chi connectivity index (χ0) is 19.9. The van der Waals surface area contributed by atoms with Gasteiger partial charge in [0, 0.05) is 25.4 Å². The van der Waals surface area contributed by atoms with Gasteiger partial charge in [-0.05, 0) is 44.0 Å². The van der Waals surface area contributed by atoms with Gasteiger partial charge in [-0.1, -0.05) is 25.1 Å². The van der Waals surface area contributed by atoms with E-state index in [0.29, 0.717) is 19.0 Å². The fraction of sp³-hybridized carbons (Fsp3) is 0.381. The van der Waals surface area contributed by atoms with Gasteiger partial charge in [-0.15, -0.1) is 10.2 Å². The highest BCUT2D eigenvalue weighted by molar-refractivity contribution is 5.79. The number of aryl methyl sites for hydroxylation is 1. The molecular weight excluding hydrogens is 352 g/mol. The first-order chi connectivity index (χ1) is 13.6. The smallest absolute Gasteiger partial charge is 0.191 e. The minimum atomic E-state index is 0.180. The fourth-order valence-electron chi connectivity index (χ4n) is 2.79. The number of nitrogens with zero attached hydrogens (tertiary/aromatic N) is 4. The van der Waals surface area contributed by atoms with Gasteiger partial charge in [-0.25, -0.2) is 0 Å². The van der Waals surface area contributed by atoms with E-state index in [1.807, 2.05) is 28.8 Å². The number of hydrogen-bond donors (Lipinski definition) is 2. The predicted molar refractivity (Wildman–Crippen MR) is 112 cm³/mol. The van der Waals surface area contributed by atoms with Crippen molar-refractivity contribution in [2.45, 2.75) is 46.4 Å². The number of benzene rings is 1. The normalized spacial score (nSPS) is 12.8. The molecule has 2 heterocycles. The Bertz CT molecular complexity index is 949. The van der Waals surface area contributed by atoms with Gasteiger partial charge in [-0.2, -0.15) is 0 Å². The highest BCUT2D eigenvalue weighted by Gasteiger charge is 2.10. The van der Waals surface area contributed by atoms with Crippen LogP contribution in [0.25, 0.3) is 5.65 Å². The van der Waals surface area contributed by atoms with Crippen LogP contribution in [0.2, 0.25) is 0 Å². The second kappa shape index (κ2) is 9.21. The van der Waals surface area contributed by atoms with Crippen molar-refractivity contribution in [1.82, 2.24) is 25.2 Å². The molecule has 7 heteroatoms. The van der Waals surface area contributed by atoms with E-state index >= 15 is 0 Å². The van der Waals surface area contributed by atoms with Gasteiger partial charge in [0.25, 0.3) is 0 Å². The average Bonchev–Trinajstić information content (AvgIpc) is 3.12. The quantitative estimate of drug-likeness (QED) is 0.487. The Labute approximate surface area is 165 Å². The number of nitrogens with one attached hydrogen (secondary N) is 2. The van der Waals surface area contributed by atoms with Crippen molar-refractivity contribution in [3.05, 3.63) is 59.5 Å². The lowest BCUT2D eigenvalue weighted by atomic mass is 10.1. The van der Waals surface area contributed by atoms with Gasteiger partial charge in [0.05, 0.1) is 12.6 Å². The summed E-state index contributed by atoms with van der Waals surface area (Å²) < 4.78 is 8.04. The van der Waals surface area contributed by atoms with Gasteiger partial charge in [-0.3, -0.25) is 9.39 Å². The maximum absolute atomic E-state index is 6.09. The molecule has 0 saturated heterocycles. The summed E-state index contributed by atoms with van der Waals surface area (Å²) in [7, 11) is 1.75. The van der Waals surface area contributed by atoms with Gasteiger partial charge >= 0.3 is 0 Å². The van der Waals surface area contributed by atoms with Crippen molar-refractivity contribution in [3.8, 4) is 5.75 Å². The minimum absolute atomic E-state index is 0.180. The number of ether oxygens (including phenoxy) is 1. The SMILES string of the molecule is CCC(C)Oc1cc(C)ccc1CNC(=NC)NCc1nnc2ccccn12. The highest BCUT2D eigenvalue weighted by atomic mass is 16.5. The van der Waals surface area contributed by atoms with Gasteiger partial charge in [0.2, 0.25) is 0 Å². The Balaban J connectivity index is 1.63. The molecule has 148 valence electrons. The summed E-state index contributed by atoms with van der Waals surface area (Å²) in [4.78, 5) is 4.30. The third kappa shape index (κ3) is 4.79. The largest absolute Gasteiger partial charge is 0.490 e. The zero-order valence-corrected chi connectivity index (χ0v) is 16.9. The lowest BCUT2D eigenvalue weighted by Gasteiger charge is -2.18. The molecule has 7 nitrogen and oxygen atoms in total. The van der Waals surface area contributed by atoms with Crippen LogP contribution in [0.1, 0.15) is 37.2 Å². The molecule has 0 fully saturated rings. The molecule has 2 N–H and O–H groups in total. The summed E-state index contributed by atoms with van der Waals surface area (Å²) in [6.07, 6.45) is 3.10. The molecule has 0 saturated carbocycles. The van der Waals surface area contributed by atoms with E-state index in [4.69, 9.17) is 4.74 Å². The standard InChI is InChI=1S/C21H28N6O/c1-5-16(3)28-18-12-15(2)9-10-17(18)13-23-21(22-4)24-14-20-26-25-19-8-6-7-11-27(19)20/h6-12,16H,5,13-14H2,1-4H3,(H2,22,23,24). The fourth-order valence-corrected chi connectivity index (χ4v) is 2.79. The van der Waals surface area contributed by atoms with Crippen molar-refractivity contribution in [2.24, 2.45) is 4.99 Å². The molecule has 0 radical (unpaired) electrons. The summed E-state index contributed by atoms with van der Waals surface area (Å²) in [6, 6.07) is 12.1. The average molecular weight is 380 g/mol. The van der Waals surface area contributed by atoms with E-state index in [2.05, 4.69) is 64.8 Å². The summed E-state index contributed by atoms with van der Waals surface area (Å²) in [6.45, 7) is 7.42. The monoisotopic (exact) mass is 380 g/mol. The van der Waals surface area contributed by atoms with Crippen LogP contribution in [0.4, 0.5) is 0 Å². The van der Waals surface area contributed by atoms with Crippen LogP contribution in [-0.4, -0.2) is 33.7 Å². The first kappa shape index (κ1) is 19.7. The van der Waals surface area contributed by atoms with Crippen LogP contribution in [-0.2, 0) is 13.1 Å². The van der Waals surface area contributed by atoms with Crippen LogP contribution >= 0.6 is 0 Å². The van der Waals surface area contributed by atoms with E-state index in [1.54, 1.807) is 7.05 Å². The Hall–Kier alpha value is -3.09. The van der Waals surface area contributed by atoms with Crippen molar-refractivity contribution >= 4 is 11.6 Å². The van der Waals surface area contributed by atoms with Crippen LogP contribution < -0.4 is 15.4 Å². The molecule has 0 spiro atoms. The number of hydrogen-bond acceptors (Lipinski definition) is 4. The number of pyridine rings is 1. The van der Waals surface area contributed by atoms with Crippen molar-refractivity contribution in [1.29, 1.82) is 0 Å². The maximum Gasteiger partial charge on any atom is 0.191 e. The molecule has 0 bridgehead atoms. The molecule has 3 aromatic rings. The molecular formula is C21H28N6O. The summed E-state index contributed by atoms with van der Waals surface area (Å²) in [5, 5.41) is 15.0. The first-order valence-electron chi connectivity index (χ1n) is 9.60. The van der Waals surface area contributed by atoms with Gasteiger partial charge in [0.1, 0.15) is 5.75 Å². The van der Waals surface area contributed by atoms with Crippen LogP contribution in [0.5, 0.6) is 5.75 Å². The molecule has 0 aliphatic carbocycles. The van der Waals surface area contributed by atoms with Gasteiger partial charge < -0.3 is 15.4 Å². The molecule has 1 atom stereocenters. The summed E-state index contributed by atoms with van der Waals surface area (Å²) in [5.74, 6) is 2.44. The number of fused-ring (bicyclic) bond motifs is 1. The molecule has 2 aromatic heterocycles. The third-order valence-electron chi connectivity index (χ3n) is 4.59. The van der Waals surface area contributed by atoms with Crippen LogP contribution in [0.15, 0.2) is 47.6 Å². The van der Waals surface area contributed by atoms with Crippen LogP contribution in [0.3, 0.4) is 0 Å². The summed E-state index contributed by atoms with van der Waals surface area (Å²) >= 11 is 0. The molecule has 0 amide bonds. The number of rotatable bonds is 7. The topological polar surface area (TPSA) is 75.8 Å². The van der Waals surface area contributed by atoms with Crippen molar-refractivity contribution < 1.29 is 4.74 Å². The van der Waals surface area contributed by atoms with Crippen molar-refractivity contribution in [2.75, 3.05) is 7.05 Å². The molecule has 28 heavy (non-hydrogen) atoms. The summed E-state index contributed by atoms with van der Waals surface area (Å²) in [5.41, 5.74) is 3.11. The Morgan fingerprint density at radius 3 is 2.79 bits per heavy atom. The zero-order valence-electron chi connectivity index (χ0n) is 16.9. The number of aromatic nitrogens is 3. The van der Waals surface area contributed by atoms with E-state index in [-0.39, 0.29) is 6.10 Å². The number of guanidine groups is 1. The molecule has 1 aromatic carbocycles. The first-order valence-corrected chi connectivity index (χ1v) is 9.60. The minimum Gasteiger partial charge on any atom is -0.490 e. The second-order valence-corrected chi connectivity index (χ2v) is 6.77. The maximum atomic E-state index is 6.09. The third-order valence-corrected chi connectivity index (χ3v) is 4.59. The predicted octanol–water partition coefficient (Wildman–Crippen LogP) is 3.08. The van der Waals surface area contributed by atoms with E-state index in [9.17, 15) is 0 Å². The molecule has 1 unspecified atom stereocenters. The lowest BCUT2D eigenvalue weighted by molar-refractivity contribution is 0.215. The van der Waals surface area contributed by atoms with E-state index in [1.165, 1.54) is 5.56 Å². The Morgan fingerprint density at radius 1 is 1.18 bits per heavy atom. The molecule has 0 aliphatic rings. The van der Waals surface area contributed by atoms with Gasteiger partial charge in [0.15, 0.2) is 17.4 Å². The Kier molecular flexibility index (Phi) is 6.47. The highest BCUT2D eigenvalue weighted by Crippen LogP contribution is 2.22. The second-order valence-electron chi connectivity index (χ2n) is 6.77. The van der Waals surface area contributed by atoms with E-state index in [0.717, 1.165) is 29.2 Å². The number of aliphatic imine (C=N–C) groups is 1. The molecule has 0 aliphatic heterocycles. The molecule has 3 rings (SSSR count). The lowest BCUT2D eigenvalue weighted by Crippen LogP contribution is -2.36. The van der Waals surface area contributed by atoms with Crippen LogP contribution in [0, 0.1) is 6.92 Å². The van der Waals surface area contributed by atoms with Crippen molar-refractivity contribution in [3.63, 3.8) is 0 Å².